The van der Waals surface area contributed by atoms with Gasteiger partial charge in [-0.2, -0.15) is 0 Å². The van der Waals surface area contributed by atoms with Gasteiger partial charge in [0.2, 0.25) is 0 Å². The molecule has 1 aliphatic carbocycles. The maximum atomic E-state index is 5.49. The number of nitrogens with zero attached hydrogens (tertiary/aromatic N) is 1. The summed E-state index contributed by atoms with van der Waals surface area (Å²) in [6.07, 6.45) is 5.67. The van der Waals surface area contributed by atoms with Crippen LogP contribution in [0.1, 0.15) is 35.6 Å². The van der Waals surface area contributed by atoms with Crippen molar-refractivity contribution in [2.45, 2.75) is 31.7 Å². The van der Waals surface area contributed by atoms with E-state index in [1.165, 1.54) is 32.4 Å². The Morgan fingerprint density at radius 3 is 2.95 bits per heavy atom. The normalized spacial score (nSPS) is 26.0. The summed E-state index contributed by atoms with van der Waals surface area (Å²) >= 11 is 0. The number of fused-ring (bicyclic) bond motifs is 3. The third-order valence-electron chi connectivity index (χ3n) is 5.02. The van der Waals surface area contributed by atoms with Gasteiger partial charge in [-0.15, -0.1) is 0 Å². The SMILES string of the molecule is c1coc(CN2CC[C@@H]3c4ccccc4CC[C@H]3C2)c1. The molecular weight excluding hydrogens is 246 g/mol. The third kappa shape index (κ3) is 2.18. The largest absolute Gasteiger partial charge is 0.468 e. The number of rotatable bonds is 2. The number of hydrogen-bond acceptors (Lipinski definition) is 2. The zero-order valence-corrected chi connectivity index (χ0v) is 11.8. The molecule has 1 fully saturated rings. The summed E-state index contributed by atoms with van der Waals surface area (Å²) in [6, 6.07) is 13.1. The number of piperidine rings is 1. The van der Waals surface area contributed by atoms with E-state index in [4.69, 9.17) is 4.42 Å². The molecule has 2 nitrogen and oxygen atoms in total. The Hall–Kier alpha value is -1.54. The van der Waals surface area contributed by atoms with Crippen LogP contribution in [0.25, 0.3) is 0 Å². The molecule has 4 rings (SSSR count). The van der Waals surface area contributed by atoms with Gasteiger partial charge in [0.1, 0.15) is 5.76 Å². The average molecular weight is 267 g/mol. The van der Waals surface area contributed by atoms with Crippen LogP contribution in [0.5, 0.6) is 0 Å². The first-order valence-corrected chi connectivity index (χ1v) is 7.73. The Bertz CT molecular complexity index is 575. The highest BCUT2D eigenvalue weighted by atomic mass is 16.3. The lowest BCUT2D eigenvalue weighted by Gasteiger charge is -2.42. The topological polar surface area (TPSA) is 16.4 Å². The van der Waals surface area contributed by atoms with Gasteiger partial charge in [0.15, 0.2) is 0 Å². The first kappa shape index (κ1) is 12.2. The van der Waals surface area contributed by atoms with Crippen LogP contribution >= 0.6 is 0 Å². The Kier molecular flexibility index (Phi) is 3.12. The summed E-state index contributed by atoms with van der Waals surface area (Å²) in [5.41, 5.74) is 3.22. The Morgan fingerprint density at radius 2 is 2.05 bits per heavy atom. The van der Waals surface area contributed by atoms with Crippen molar-refractivity contribution < 1.29 is 4.42 Å². The van der Waals surface area contributed by atoms with Crippen molar-refractivity contribution >= 4 is 0 Å². The fourth-order valence-electron chi connectivity index (χ4n) is 4.04. The molecule has 0 N–H and O–H groups in total. The van der Waals surface area contributed by atoms with Crippen molar-refractivity contribution in [3.63, 3.8) is 0 Å². The highest BCUT2D eigenvalue weighted by Crippen LogP contribution is 2.41. The van der Waals surface area contributed by atoms with Gasteiger partial charge in [-0.05, 0) is 60.9 Å². The van der Waals surface area contributed by atoms with Crippen LogP contribution < -0.4 is 0 Å². The lowest BCUT2D eigenvalue weighted by atomic mass is 9.71. The van der Waals surface area contributed by atoms with Gasteiger partial charge in [0.05, 0.1) is 12.8 Å². The molecule has 1 aromatic heterocycles. The second kappa shape index (κ2) is 5.10. The molecule has 0 bridgehead atoms. The lowest BCUT2D eigenvalue weighted by molar-refractivity contribution is 0.127. The van der Waals surface area contributed by atoms with E-state index >= 15 is 0 Å². The molecule has 0 radical (unpaired) electrons. The van der Waals surface area contributed by atoms with Crippen molar-refractivity contribution in [2.75, 3.05) is 13.1 Å². The van der Waals surface area contributed by atoms with Gasteiger partial charge < -0.3 is 4.42 Å². The molecule has 20 heavy (non-hydrogen) atoms. The standard InChI is InChI=1S/C18H21NO/c1-2-6-17-14(4-1)7-8-15-12-19(10-9-18(15)17)13-16-5-3-11-20-16/h1-6,11,15,18H,7-10,12-13H2/t15-,18-/m0/s1. The van der Waals surface area contributed by atoms with E-state index in [2.05, 4.69) is 35.2 Å². The van der Waals surface area contributed by atoms with Gasteiger partial charge in [0, 0.05) is 6.54 Å². The highest BCUT2D eigenvalue weighted by molar-refractivity contribution is 5.34. The summed E-state index contributed by atoms with van der Waals surface area (Å²) in [4.78, 5) is 2.56. The van der Waals surface area contributed by atoms with E-state index in [1.54, 1.807) is 17.4 Å². The lowest BCUT2D eigenvalue weighted by Crippen LogP contribution is -2.40. The van der Waals surface area contributed by atoms with Crippen LogP contribution in [0.2, 0.25) is 0 Å². The molecule has 1 saturated heterocycles. The highest BCUT2D eigenvalue weighted by Gasteiger charge is 2.34. The molecule has 0 unspecified atom stereocenters. The summed E-state index contributed by atoms with van der Waals surface area (Å²) in [5, 5.41) is 0. The van der Waals surface area contributed by atoms with Crippen LogP contribution in [-0.2, 0) is 13.0 Å². The van der Waals surface area contributed by atoms with Crippen LogP contribution in [0.3, 0.4) is 0 Å². The fourth-order valence-corrected chi connectivity index (χ4v) is 4.04. The van der Waals surface area contributed by atoms with Crippen LogP contribution in [0.15, 0.2) is 47.1 Å². The molecule has 2 aromatic rings. The summed E-state index contributed by atoms with van der Waals surface area (Å²) in [7, 11) is 0. The van der Waals surface area contributed by atoms with Crippen molar-refractivity contribution in [2.24, 2.45) is 5.92 Å². The quantitative estimate of drug-likeness (QED) is 0.822. The first-order chi connectivity index (χ1) is 9.90. The predicted molar refractivity (Wildman–Crippen MR) is 79.6 cm³/mol. The minimum absolute atomic E-state index is 0.785. The molecule has 0 saturated carbocycles. The van der Waals surface area contributed by atoms with E-state index < -0.39 is 0 Å². The van der Waals surface area contributed by atoms with E-state index in [0.29, 0.717) is 0 Å². The minimum atomic E-state index is 0.785. The van der Waals surface area contributed by atoms with E-state index in [1.807, 2.05) is 6.07 Å². The second-order valence-electron chi connectivity index (χ2n) is 6.21. The van der Waals surface area contributed by atoms with Crippen molar-refractivity contribution in [3.8, 4) is 0 Å². The number of likely N-dealkylation sites (tertiary alicyclic amines) is 1. The molecular formula is C18H21NO. The summed E-state index contributed by atoms with van der Waals surface area (Å²) < 4.78 is 5.49. The van der Waals surface area contributed by atoms with Crippen molar-refractivity contribution in [1.82, 2.24) is 4.90 Å². The molecule has 1 aromatic carbocycles. The van der Waals surface area contributed by atoms with Crippen molar-refractivity contribution in [3.05, 3.63) is 59.5 Å². The predicted octanol–water partition coefficient (Wildman–Crippen LogP) is 3.83. The maximum Gasteiger partial charge on any atom is 0.117 e. The van der Waals surface area contributed by atoms with Crippen LogP contribution in [-0.4, -0.2) is 18.0 Å². The molecule has 2 atom stereocenters. The fraction of sp³-hybridized carbons (Fsp3) is 0.444. The molecule has 2 heterocycles. The molecule has 0 spiro atoms. The van der Waals surface area contributed by atoms with Gasteiger partial charge in [-0.25, -0.2) is 0 Å². The molecule has 1 aliphatic heterocycles. The maximum absolute atomic E-state index is 5.49. The second-order valence-corrected chi connectivity index (χ2v) is 6.21. The first-order valence-electron chi connectivity index (χ1n) is 7.73. The van der Waals surface area contributed by atoms with Crippen LogP contribution in [0, 0.1) is 5.92 Å². The number of aryl methyl sites for hydroxylation is 1. The number of hydrogen-bond donors (Lipinski definition) is 0. The van der Waals surface area contributed by atoms with E-state index in [-0.39, 0.29) is 0 Å². The van der Waals surface area contributed by atoms with Gasteiger partial charge in [-0.1, -0.05) is 24.3 Å². The van der Waals surface area contributed by atoms with Crippen LogP contribution in [0.4, 0.5) is 0 Å². The van der Waals surface area contributed by atoms with E-state index in [9.17, 15) is 0 Å². The summed E-state index contributed by atoms with van der Waals surface area (Å²) in [6.45, 7) is 3.38. The zero-order valence-electron chi connectivity index (χ0n) is 11.8. The molecule has 2 aliphatic rings. The molecule has 104 valence electrons. The molecule has 0 amide bonds. The number of furan rings is 1. The third-order valence-corrected chi connectivity index (χ3v) is 5.02. The zero-order chi connectivity index (χ0) is 13.4. The monoisotopic (exact) mass is 267 g/mol. The van der Waals surface area contributed by atoms with Crippen molar-refractivity contribution in [1.29, 1.82) is 0 Å². The smallest absolute Gasteiger partial charge is 0.117 e. The Labute approximate surface area is 120 Å². The molecule has 2 heteroatoms. The number of benzene rings is 1. The average Bonchev–Trinajstić information content (AvgIpc) is 3.00. The Morgan fingerprint density at radius 1 is 1.10 bits per heavy atom. The Balaban J connectivity index is 1.49. The minimum Gasteiger partial charge on any atom is -0.468 e. The van der Waals surface area contributed by atoms with Gasteiger partial charge >= 0.3 is 0 Å². The van der Waals surface area contributed by atoms with Gasteiger partial charge in [0.25, 0.3) is 0 Å². The van der Waals surface area contributed by atoms with Gasteiger partial charge in [-0.3, -0.25) is 4.90 Å². The van der Waals surface area contributed by atoms with E-state index in [0.717, 1.165) is 24.1 Å². The summed E-state index contributed by atoms with van der Waals surface area (Å²) in [5.74, 6) is 2.71.